The van der Waals surface area contributed by atoms with E-state index in [1.165, 1.54) is 22.5 Å². The number of nitrogens with two attached hydrogens (primary N) is 1. The molecule has 3 N–H and O–H groups in total. The number of ether oxygens (including phenoxy) is 2. The number of methoxy groups -OCH3 is 1. The minimum Gasteiger partial charge on any atom is -0.497 e. The van der Waals surface area contributed by atoms with Gasteiger partial charge in [0, 0.05) is 73.5 Å². The summed E-state index contributed by atoms with van der Waals surface area (Å²) in [5, 5.41) is 1.02. The van der Waals surface area contributed by atoms with Gasteiger partial charge in [-0.25, -0.2) is 4.72 Å². The third-order valence-electron chi connectivity index (χ3n) is 12.2. The van der Waals surface area contributed by atoms with Crippen molar-refractivity contribution in [3.05, 3.63) is 70.4 Å². The van der Waals surface area contributed by atoms with Crippen LogP contribution < -0.4 is 15.2 Å². The molecule has 55 heavy (non-hydrogen) atoms. The molecule has 0 radical (unpaired) electrons. The monoisotopic (exact) mass is 769 g/mol. The first-order valence-corrected chi connectivity index (χ1v) is 20.9. The summed E-state index contributed by atoms with van der Waals surface area (Å²) in [4.78, 5) is 37.3. The molecule has 2 atom stereocenters. The Bertz CT molecular complexity index is 2200. The first-order chi connectivity index (χ1) is 26.6. The first kappa shape index (κ1) is 37.4. The second-order valence-corrected chi connectivity index (χ2v) is 17.1. The lowest BCUT2D eigenvalue weighted by Gasteiger charge is -2.40. The Morgan fingerprint density at radius 1 is 1.00 bits per heavy atom. The number of piperazine rings is 1. The molecule has 5 heterocycles. The number of rotatable bonds is 8. The maximum Gasteiger partial charge on any atom is 0.304 e. The van der Waals surface area contributed by atoms with Gasteiger partial charge in [-0.05, 0) is 91.8 Å². The Hall–Kier alpha value is -4.50. The number of aromatic nitrogens is 1. The number of carbonyl (C=O) groups is 2. The van der Waals surface area contributed by atoms with Gasteiger partial charge >= 0.3 is 10.2 Å². The number of fused-ring (bicyclic) bond motifs is 7. The van der Waals surface area contributed by atoms with Gasteiger partial charge in [0.2, 0.25) is 0 Å². The molecule has 292 valence electrons. The summed E-state index contributed by atoms with van der Waals surface area (Å²) in [7, 11) is 1.38. The average molecular weight is 770 g/mol. The normalized spacial score (nSPS) is 22.9. The predicted octanol–water partition coefficient (Wildman–Crippen LogP) is 4.29. The number of amides is 2. The van der Waals surface area contributed by atoms with Crippen LogP contribution >= 0.6 is 0 Å². The third kappa shape index (κ3) is 6.87. The van der Waals surface area contributed by atoms with Gasteiger partial charge in [0.25, 0.3) is 11.8 Å². The first-order valence-electron chi connectivity index (χ1n) is 19.5. The largest absolute Gasteiger partial charge is 0.497 e. The van der Waals surface area contributed by atoms with E-state index in [0.717, 1.165) is 84.9 Å². The van der Waals surface area contributed by atoms with Gasteiger partial charge in [-0.1, -0.05) is 25.3 Å². The van der Waals surface area contributed by atoms with Crippen LogP contribution in [-0.2, 0) is 26.3 Å². The van der Waals surface area contributed by atoms with E-state index < -0.39 is 16.1 Å². The zero-order chi connectivity index (χ0) is 38.4. The standard InChI is InChI=1S/C41H51N7O6S/c1-43-38(35(22-42)41(50)48-30-10-11-31(48)25-45(2)24-30)29-19-28-20-32(53-3)12-14-33(28)39-37(26-7-5-4-6-8-26)34-13-9-27(21-36(34)47(39)23-29)40(49)44-55(51,52)46-15-17-54-18-16-46/h9,12-14,19-22,26,30-31H,4-8,10-11,15-18,23-25,42H2,1-3H3,(H,44,49)/t30-,31?/m1/s1. The van der Waals surface area contributed by atoms with Crippen LogP contribution in [0.2, 0.25) is 0 Å². The van der Waals surface area contributed by atoms with Gasteiger partial charge in [0.15, 0.2) is 0 Å². The van der Waals surface area contributed by atoms with Crippen molar-refractivity contribution in [2.45, 2.75) is 69.5 Å². The Morgan fingerprint density at radius 2 is 1.73 bits per heavy atom. The molecule has 3 saturated heterocycles. The van der Waals surface area contributed by atoms with E-state index in [-0.39, 0.29) is 49.9 Å². The van der Waals surface area contributed by atoms with Crippen LogP contribution in [0.5, 0.6) is 5.75 Å². The van der Waals surface area contributed by atoms with Crippen molar-refractivity contribution in [1.29, 1.82) is 0 Å². The highest BCUT2D eigenvalue weighted by Crippen LogP contribution is 2.47. The Labute approximate surface area is 323 Å². The molecule has 2 aromatic carbocycles. The summed E-state index contributed by atoms with van der Waals surface area (Å²) >= 11 is 0. The quantitative estimate of drug-likeness (QED) is 0.255. The summed E-state index contributed by atoms with van der Waals surface area (Å²) in [5.74, 6) is 0.182. The van der Waals surface area contributed by atoms with Crippen molar-refractivity contribution in [3.63, 3.8) is 0 Å². The van der Waals surface area contributed by atoms with Crippen LogP contribution in [0.25, 0.3) is 28.2 Å². The molecule has 4 fully saturated rings. The molecule has 3 aromatic rings. The Balaban J connectivity index is 1.26. The molecule has 0 spiro atoms. The summed E-state index contributed by atoms with van der Waals surface area (Å²) in [6.07, 6.45) is 10.9. The van der Waals surface area contributed by atoms with Crippen molar-refractivity contribution in [2.24, 2.45) is 10.7 Å². The molecule has 1 aliphatic carbocycles. The van der Waals surface area contributed by atoms with E-state index in [2.05, 4.69) is 33.4 Å². The molecule has 1 aromatic heterocycles. The van der Waals surface area contributed by atoms with Gasteiger partial charge in [-0.15, -0.1) is 0 Å². The van der Waals surface area contributed by atoms with E-state index in [9.17, 15) is 18.0 Å². The maximum absolute atomic E-state index is 14.5. The highest BCUT2D eigenvalue weighted by Gasteiger charge is 2.43. The highest BCUT2D eigenvalue weighted by atomic mass is 32.2. The Kier molecular flexibility index (Phi) is 10.3. The summed E-state index contributed by atoms with van der Waals surface area (Å²) < 4.78 is 43.3. The SMILES string of the molecule is CN=C(C1=Cc2cc(OC)ccc2-c2c(C3CCCCC3)c3ccc(C(=O)NS(=O)(=O)N4CCOCC4)cc3n2C1)C(=CN)C(=O)N1C2CC[C@@H]1CN(C)C2. The molecule has 4 aliphatic heterocycles. The number of aliphatic imine (C=N–C) groups is 1. The fraction of sp³-hybridized carbons (Fsp3) is 0.488. The van der Waals surface area contributed by atoms with Crippen LogP contribution in [-0.4, -0.2) is 117 Å². The topological polar surface area (TPSA) is 152 Å². The number of benzene rings is 2. The maximum atomic E-state index is 14.5. The lowest BCUT2D eigenvalue weighted by Crippen LogP contribution is -2.55. The van der Waals surface area contributed by atoms with Crippen LogP contribution in [0.1, 0.15) is 72.3 Å². The zero-order valence-electron chi connectivity index (χ0n) is 31.9. The van der Waals surface area contributed by atoms with E-state index in [1.807, 2.05) is 23.1 Å². The number of hydrogen-bond donors (Lipinski definition) is 2. The number of carbonyl (C=O) groups excluding carboxylic acids is 2. The number of likely N-dealkylation sites (tertiary alicyclic amines) is 1. The van der Waals surface area contributed by atoms with Crippen molar-refractivity contribution < 1.29 is 27.5 Å². The van der Waals surface area contributed by atoms with Crippen molar-refractivity contribution in [1.82, 2.24) is 23.4 Å². The zero-order valence-corrected chi connectivity index (χ0v) is 32.7. The lowest BCUT2D eigenvalue weighted by atomic mass is 9.81. The molecule has 1 saturated carbocycles. The van der Waals surface area contributed by atoms with Crippen LogP contribution in [0.4, 0.5) is 0 Å². The second-order valence-electron chi connectivity index (χ2n) is 15.5. The van der Waals surface area contributed by atoms with Crippen molar-refractivity contribution >= 4 is 44.7 Å². The lowest BCUT2D eigenvalue weighted by molar-refractivity contribution is -0.131. The van der Waals surface area contributed by atoms with Crippen LogP contribution in [0.3, 0.4) is 0 Å². The summed E-state index contributed by atoms with van der Waals surface area (Å²) in [6.45, 7) is 2.88. The van der Waals surface area contributed by atoms with E-state index >= 15 is 0 Å². The van der Waals surface area contributed by atoms with Gasteiger partial charge in [0.05, 0.1) is 43.8 Å². The molecule has 5 aliphatic rings. The molecule has 1 unspecified atom stereocenters. The summed E-state index contributed by atoms with van der Waals surface area (Å²) in [6, 6.07) is 11.8. The van der Waals surface area contributed by atoms with Gasteiger partial charge in [0.1, 0.15) is 5.75 Å². The number of nitrogens with zero attached hydrogens (tertiary/aromatic N) is 5. The molecular weight excluding hydrogens is 719 g/mol. The van der Waals surface area contributed by atoms with Gasteiger partial charge in [-0.3, -0.25) is 14.6 Å². The second kappa shape index (κ2) is 15.2. The van der Waals surface area contributed by atoms with Gasteiger partial charge in [-0.2, -0.15) is 12.7 Å². The third-order valence-corrected chi connectivity index (χ3v) is 13.7. The van der Waals surface area contributed by atoms with Crippen LogP contribution in [0.15, 0.2) is 58.7 Å². The number of nitrogens with one attached hydrogen (secondary N) is 1. The fourth-order valence-electron chi connectivity index (χ4n) is 9.63. The number of hydrogen-bond acceptors (Lipinski definition) is 9. The summed E-state index contributed by atoms with van der Waals surface area (Å²) in [5.41, 5.74) is 13.3. The molecule has 14 heteroatoms. The van der Waals surface area contributed by atoms with E-state index in [4.69, 9.17) is 20.2 Å². The molecule has 2 bridgehead atoms. The predicted molar refractivity (Wildman–Crippen MR) is 213 cm³/mol. The van der Waals surface area contributed by atoms with E-state index in [0.29, 0.717) is 29.5 Å². The van der Waals surface area contributed by atoms with Crippen molar-refractivity contribution in [2.75, 3.05) is 60.6 Å². The smallest absolute Gasteiger partial charge is 0.304 e. The van der Waals surface area contributed by atoms with E-state index in [1.54, 1.807) is 26.3 Å². The molecule has 8 rings (SSSR count). The van der Waals surface area contributed by atoms with Crippen molar-refractivity contribution in [3.8, 4) is 17.0 Å². The average Bonchev–Trinajstić information content (AvgIpc) is 3.59. The van der Waals surface area contributed by atoms with Crippen LogP contribution in [0, 0.1) is 0 Å². The number of likely N-dealkylation sites (N-methyl/N-ethyl adjacent to an activating group) is 1. The number of morpholine rings is 1. The number of allylic oxidation sites excluding steroid dienone is 1. The highest BCUT2D eigenvalue weighted by molar-refractivity contribution is 7.87. The fourth-order valence-corrected chi connectivity index (χ4v) is 10.7. The molecule has 13 nitrogen and oxygen atoms in total. The molecule has 2 amide bonds. The molecular formula is C41H51N7O6S. The minimum atomic E-state index is -4.07. The van der Waals surface area contributed by atoms with Gasteiger partial charge < -0.3 is 29.6 Å². The Morgan fingerprint density at radius 3 is 2.40 bits per heavy atom. The minimum absolute atomic E-state index is 0.111.